The highest BCUT2D eigenvalue weighted by Crippen LogP contribution is 2.14. The summed E-state index contributed by atoms with van der Waals surface area (Å²) in [6, 6.07) is 0. The van der Waals surface area contributed by atoms with Crippen LogP contribution in [0.3, 0.4) is 0 Å². The van der Waals surface area contributed by atoms with Crippen LogP contribution in [-0.2, 0) is 11.2 Å². The highest BCUT2D eigenvalue weighted by atomic mass is 32.1. The number of carboxylic acid groups (broad SMARTS) is 1. The highest BCUT2D eigenvalue weighted by molar-refractivity contribution is 7.08. The van der Waals surface area contributed by atoms with E-state index in [9.17, 15) is 9.59 Å². The van der Waals surface area contributed by atoms with Crippen molar-refractivity contribution in [1.29, 1.82) is 0 Å². The molecule has 0 atom stereocenters. The molecule has 1 amide bonds. The molecule has 0 unspecified atom stereocenters. The van der Waals surface area contributed by atoms with Crippen molar-refractivity contribution in [3.63, 3.8) is 0 Å². The third kappa shape index (κ3) is 2.99. The lowest BCUT2D eigenvalue weighted by atomic mass is 10.2. The second-order valence-electron chi connectivity index (χ2n) is 3.35. The van der Waals surface area contributed by atoms with Gasteiger partial charge in [-0.3, -0.25) is 9.59 Å². The van der Waals surface area contributed by atoms with E-state index in [1.807, 2.05) is 6.92 Å². The van der Waals surface area contributed by atoms with Gasteiger partial charge in [-0.25, -0.2) is 0 Å². The zero-order chi connectivity index (χ0) is 12.1. The van der Waals surface area contributed by atoms with Crippen LogP contribution in [0.4, 0.5) is 0 Å². The van der Waals surface area contributed by atoms with Gasteiger partial charge in [-0.05, 0) is 18.0 Å². The van der Waals surface area contributed by atoms with Crippen molar-refractivity contribution in [2.24, 2.45) is 0 Å². The molecule has 88 valence electrons. The Hall–Kier alpha value is -1.50. The van der Waals surface area contributed by atoms with E-state index >= 15 is 0 Å². The molecule has 0 aliphatic heterocycles. The van der Waals surface area contributed by atoms with Crippen molar-refractivity contribution in [3.8, 4) is 0 Å². The predicted molar refractivity (Wildman–Crippen MR) is 58.5 cm³/mol. The molecule has 0 spiro atoms. The smallest absolute Gasteiger partial charge is 0.323 e. The van der Waals surface area contributed by atoms with Crippen molar-refractivity contribution in [2.75, 3.05) is 13.6 Å². The number of hydrogen-bond acceptors (Lipinski definition) is 5. The number of nitrogens with zero attached hydrogens (tertiary/aromatic N) is 3. The molecular weight excluding hydrogens is 230 g/mol. The molecule has 1 N–H and O–H groups in total. The monoisotopic (exact) mass is 243 g/mol. The van der Waals surface area contributed by atoms with Gasteiger partial charge in [0, 0.05) is 7.05 Å². The number of hydrogen-bond donors (Lipinski definition) is 1. The van der Waals surface area contributed by atoms with E-state index in [2.05, 4.69) is 9.59 Å². The molecule has 0 aromatic carbocycles. The SMILES string of the molecule is CCCc1nnsc1C(=O)N(C)CC(=O)O. The van der Waals surface area contributed by atoms with E-state index in [1.54, 1.807) is 0 Å². The van der Waals surface area contributed by atoms with Crippen LogP contribution in [-0.4, -0.2) is 45.1 Å². The first-order valence-corrected chi connectivity index (χ1v) is 5.62. The molecular formula is C9H13N3O3S. The summed E-state index contributed by atoms with van der Waals surface area (Å²) in [6.45, 7) is 1.66. The summed E-state index contributed by atoms with van der Waals surface area (Å²) < 4.78 is 3.72. The fourth-order valence-electron chi connectivity index (χ4n) is 1.22. The number of rotatable bonds is 5. The molecule has 7 heteroatoms. The van der Waals surface area contributed by atoms with Crippen molar-refractivity contribution in [3.05, 3.63) is 10.6 Å². The summed E-state index contributed by atoms with van der Waals surface area (Å²) in [7, 11) is 1.45. The zero-order valence-electron chi connectivity index (χ0n) is 9.13. The Labute approximate surface area is 97.1 Å². The molecule has 1 aromatic heterocycles. The molecule has 1 rings (SSSR count). The molecule has 0 saturated heterocycles. The first-order valence-electron chi connectivity index (χ1n) is 4.84. The number of carbonyl (C=O) groups is 2. The van der Waals surface area contributed by atoms with Gasteiger partial charge >= 0.3 is 5.97 Å². The van der Waals surface area contributed by atoms with Gasteiger partial charge in [0.1, 0.15) is 11.4 Å². The van der Waals surface area contributed by atoms with Gasteiger partial charge in [0.05, 0.1) is 5.69 Å². The minimum atomic E-state index is -1.04. The molecule has 1 heterocycles. The van der Waals surface area contributed by atoms with Crippen molar-refractivity contribution < 1.29 is 14.7 Å². The van der Waals surface area contributed by atoms with Crippen LogP contribution in [0.2, 0.25) is 0 Å². The molecule has 0 bridgehead atoms. The first-order chi connectivity index (χ1) is 7.56. The van der Waals surface area contributed by atoms with E-state index in [0.717, 1.165) is 22.9 Å². The van der Waals surface area contributed by atoms with E-state index in [4.69, 9.17) is 5.11 Å². The molecule has 0 fully saturated rings. The van der Waals surface area contributed by atoms with Gasteiger partial charge in [-0.1, -0.05) is 17.8 Å². The maximum absolute atomic E-state index is 11.8. The Morgan fingerprint density at radius 3 is 2.75 bits per heavy atom. The number of amides is 1. The van der Waals surface area contributed by atoms with Crippen LogP contribution in [0.1, 0.15) is 28.7 Å². The highest BCUT2D eigenvalue weighted by Gasteiger charge is 2.20. The number of carbonyl (C=O) groups excluding carboxylic acids is 1. The summed E-state index contributed by atoms with van der Waals surface area (Å²) in [4.78, 5) is 23.9. The molecule has 0 aliphatic carbocycles. The number of aryl methyl sites for hydroxylation is 1. The van der Waals surface area contributed by atoms with Crippen LogP contribution >= 0.6 is 11.5 Å². The molecule has 1 aromatic rings. The van der Waals surface area contributed by atoms with Gasteiger partial charge in [-0.15, -0.1) is 5.10 Å². The lowest BCUT2D eigenvalue weighted by molar-refractivity contribution is -0.137. The average Bonchev–Trinajstić information content (AvgIpc) is 2.64. The Kier molecular flexibility index (Phi) is 4.36. The second kappa shape index (κ2) is 5.55. The summed E-state index contributed by atoms with van der Waals surface area (Å²) in [5.74, 6) is -1.37. The molecule has 6 nitrogen and oxygen atoms in total. The van der Waals surface area contributed by atoms with Gasteiger partial charge in [0.15, 0.2) is 0 Å². The van der Waals surface area contributed by atoms with Crippen LogP contribution in [0, 0.1) is 0 Å². The van der Waals surface area contributed by atoms with Crippen molar-refractivity contribution >= 4 is 23.4 Å². The Bertz CT molecular complexity index is 391. The second-order valence-corrected chi connectivity index (χ2v) is 4.11. The lowest BCUT2D eigenvalue weighted by Crippen LogP contribution is -2.32. The van der Waals surface area contributed by atoms with E-state index in [1.165, 1.54) is 7.05 Å². The van der Waals surface area contributed by atoms with Gasteiger partial charge in [0.25, 0.3) is 5.91 Å². The minimum Gasteiger partial charge on any atom is -0.480 e. The fraction of sp³-hybridized carbons (Fsp3) is 0.556. The number of aliphatic carboxylic acids is 1. The fourth-order valence-corrected chi connectivity index (χ4v) is 1.92. The molecule has 0 saturated carbocycles. The Balaban J connectivity index is 2.79. The normalized spacial score (nSPS) is 10.1. The topological polar surface area (TPSA) is 83.4 Å². The number of likely N-dealkylation sites (N-methyl/N-ethyl adjacent to an activating group) is 1. The number of aromatic nitrogens is 2. The van der Waals surface area contributed by atoms with Crippen LogP contribution < -0.4 is 0 Å². The van der Waals surface area contributed by atoms with E-state index in [-0.39, 0.29) is 12.5 Å². The maximum atomic E-state index is 11.8. The third-order valence-corrected chi connectivity index (χ3v) is 2.71. The third-order valence-electron chi connectivity index (χ3n) is 1.96. The van der Waals surface area contributed by atoms with Gasteiger partial charge in [0.2, 0.25) is 0 Å². The maximum Gasteiger partial charge on any atom is 0.323 e. The summed E-state index contributed by atoms with van der Waals surface area (Å²) in [6.07, 6.45) is 1.55. The Morgan fingerprint density at radius 2 is 2.19 bits per heavy atom. The summed E-state index contributed by atoms with van der Waals surface area (Å²) in [5, 5.41) is 12.4. The first kappa shape index (κ1) is 12.6. The summed E-state index contributed by atoms with van der Waals surface area (Å²) >= 11 is 1.01. The largest absolute Gasteiger partial charge is 0.480 e. The van der Waals surface area contributed by atoms with Gasteiger partial charge < -0.3 is 10.0 Å². The predicted octanol–water partition coefficient (Wildman–Crippen LogP) is 0.647. The van der Waals surface area contributed by atoms with Crippen LogP contribution in [0.15, 0.2) is 0 Å². The zero-order valence-corrected chi connectivity index (χ0v) is 9.95. The Morgan fingerprint density at radius 1 is 1.50 bits per heavy atom. The van der Waals surface area contributed by atoms with Gasteiger partial charge in [-0.2, -0.15) is 0 Å². The standard InChI is InChI=1S/C9H13N3O3S/c1-3-4-6-8(16-11-10-6)9(15)12(2)5-7(13)14/h3-5H2,1-2H3,(H,13,14). The molecule has 0 aliphatic rings. The lowest BCUT2D eigenvalue weighted by Gasteiger charge is -2.13. The summed E-state index contributed by atoms with van der Waals surface area (Å²) in [5.41, 5.74) is 0.648. The number of carboxylic acids is 1. The van der Waals surface area contributed by atoms with Crippen LogP contribution in [0.5, 0.6) is 0 Å². The van der Waals surface area contributed by atoms with Crippen molar-refractivity contribution in [2.45, 2.75) is 19.8 Å². The molecule has 16 heavy (non-hydrogen) atoms. The van der Waals surface area contributed by atoms with Crippen molar-refractivity contribution in [1.82, 2.24) is 14.5 Å². The average molecular weight is 243 g/mol. The van der Waals surface area contributed by atoms with Crippen LogP contribution in [0.25, 0.3) is 0 Å². The van der Waals surface area contributed by atoms with E-state index in [0.29, 0.717) is 17.0 Å². The quantitative estimate of drug-likeness (QED) is 0.820. The molecule has 0 radical (unpaired) electrons. The van der Waals surface area contributed by atoms with E-state index < -0.39 is 5.97 Å². The minimum absolute atomic E-state index is 0.317.